The standard InChI is InChI=1S/C19H17N5O6S/c1-2-15-18(19(26)27)21-23-24(15)12-5-3-4-11(8-12)22-31(28,29)13-6-7-16-14(9-13)20-17(25)10-30-16/h3-9,22H,2,10H2,1H3,(H,20,25)(H,26,27). The maximum atomic E-state index is 12.9. The van der Waals surface area contributed by atoms with Crippen LogP contribution in [0, 0.1) is 0 Å². The van der Waals surface area contributed by atoms with Gasteiger partial charge in [-0.15, -0.1) is 5.10 Å². The number of hydrogen-bond donors (Lipinski definition) is 3. The van der Waals surface area contributed by atoms with E-state index in [1.165, 1.54) is 28.9 Å². The molecule has 0 unspecified atom stereocenters. The van der Waals surface area contributed by atoms with Gasteiger partial charge in [-0.3, -0.25) is 9.52 Å². The Hall–Kier alpha value is -3.93. The minimum atomic E-state index is -3.98. The molecule has 1 aromatic heterocycles. The molecule has 0 fully saturated rings. The number of carboxylic acid groups (broad SMARTS) is 1. The van der Waals surface area contributed by atoms with Gasteiger partial charge in [0.2, 0.25) is 0 Å². The molecular formula is C19H17N5O6S. The van der Waals surface area contributed by atoms with Gasteiger partial charge in [0.05, 0.1) is 27.7 Å². The van der Waals surface area contributed by atoms with Gasteiger partial charge in [-0.2, -0.15) is 0 Å². The van der Waals surface area contributed by atoms with E-state index in [0.29, 0.717) is 23.6 Å². The summed E-state index contributed by atoms with van der Waals surface area (Å²) in [5, 5.41) is 19.4. The van der Waals surface area contributed by atoms with E-state index in [1.54, 1.807) is 25.1 Å². The minimum Gasteiger partial charge on any atom is -0.482 e. The first kappa shape index (κ1) is 20.3. The molecule has 160 valence electrons. The van der Waals surface area contributed by atoms with Crippen molar-refractivity contribution in [1.82, 2.24) is 15.0 Å². The summed E-state index contributed by atoms with van der Waals surface area (Å²) in [5.74, 6) is -1.18. The number of hydrogen-bond acceptors (Lipinski definition) is 7. The summed E-state index contributed by atoms with van der Waals surface area (Å²) < 4.78 is 34.8. The summed E-state index contributed by atoms with van der Waals surface area (Å²) in [6.45, 7) is 1.64. The highest BCUT2D eigenvalue weighted by atomic mass is 32.2. The lowest BCUT2D eigenvalue weighted by Crippen LogP contribution is -2.25. The number of anilines is 2. The summed E-state index contributed by atoms with van der Waals surface area (Å²) in [6.07, 6.45) is 0.369. The maximum Gasteiger partial charge on any atom is 0.358 e. The van der Waals surface area contributed by atoms with Crippen LogP contribution in [0.25, 0.3) is 5.69 Å². The van der Waals surface area contributed by atoms with Crippen molar-refractivity contribution in [2.24, 2.45) is 0 Å². The normalized spacial score (nSPS) is 13.1. The van der Waals surface area contributed by atoms with Crippen molar-refractivity contribution < 1.29 is 27.9 Å². The van der Waals surface area contributed by atoms with Crippen molar-refractivity contribution in [3.63, 3.8) is 0 Å². The molecule has 0 bridgehead atoms. The molecule has 0 spiro atoms. The predicted molar refractivity (Wildman–Crippen MR) is 109 cm³/mol. The van der Waals surface area contributed by atoms with Crippen molar-refractivity contribution in [1.29, 1.82) is 0 Å². The number of ether oxygens (including phenoxy) is 1. The van der Waals surface area contributed by atoms with Crippen LogP contribution >= 0.6 is 0 Å². The highest BCUT2D eigenvalue weighted by Gasteiger charge is 2.22. The Bertz CT molecular complexity index is 1300. The molecule has 11 nitrogen and oxygen atoms in total. The Labute approximate surface area is 176 Å². The molecule has 4 rings (SSSR count). The molecule has 0 saturated carbocycles. The van der Waals surface area contributed by atoms with Gasteiger partial charge in [0.15, 0.2) is 12.3 Å². The fourth-order valence-corrected chi connectivity index (χ4v) is 4.21. The van der Waals surface area contributed by atoms with E-state index in [0.717, 1.165) is 0 Å². The molecule has 1 aliphatic rings. The van der Waals surface area contributed by atoms with Crippen molar-refractivity contribution in [2.75, 3.05) is 16.6 Å². The fraction of sp³-hybridized carbons (Fsp3) is 0.158. The van der Waals surface area contributed by atoms with E-state index in [1.807, 2.05) is 0 Å². The van der Waals surface area contributed by atoms with E-state index < -0.39 is 16.0 Å². The number of carbonyl (C=O) groups excluding carboxylic acids is 1. The van der Waals surface area contributed by atoms with E-state index in [4.69, 9.17) is 4.74 Å². The zero-order valence-electron chi connectivity index (χ0n) is 16.2. The van der Waals surface area contributed by atoms with Gasteiger partial charge < -0.3 is 15.2 Å². The summed E-state index contributed by atoms with van der Waals surface area (Å²) in [5.41, 5.74) is 1.18. The SMILES string of the molecule is CCc1c(C(=O)O)nnn1-c1cccc(NS(=O)(=O)c2ccc3c(c2)NC(=O)CO3)c1. The largest absolute Gasteiger partial charge is 0.482 e. The highest BCUT2D eigenvalue weighted by Crippen LogP contribution is 2.31. The number of fused-ring (bicyclic) bond motifs is 1. The Kier molecular flexibility index (Phi) is 5.07. The molecule has 1 aliphatic heterocycles. The average Bonchev–Trinajstić information content (AvgIpc) is 3.17. The van der Waals surface area contributed by atoms with Crippen LogP contribution in [0.5, 0.6) is 5.75 Å². The van der Waals surface area contributed by atoms with Crippen molar-refractivity contribution in [2.45, 2.75) is 18.2 Å². The Morgan fingerprint density at radius 1 is 1.29 bits per heavy atom. The van der Waals surface area contributed by atoms with Gasteiger partial charge in [0.25, 0.3) is 15.9 Å². The first-order valence-electron chi connectivity index (χ1n) is 9.16. The van der Waals surface area contributed by atoms with Crippen LogP contribution in [0.4, 0.5) is 11.4 Å². The number of amides is 1. The van der Waals surface area contributed by atoms with Crippen LogP contribution in [-0.4, -0.2) is 47.0 Å². The number of benzene rings is 2. The van der Waals surface area contributed by atoms with E-state index in [9.17, 15) is 23.1 Å². The lowest BCUT2D eigenvalue weighted by Gasteiger charge is -2.18. The zero-order chi connectivity index (χ0) is 22.2. The molecule has 0 radical (unpaired) electrons. The predicted octanol–water partition coefficient (Wildman–Crippen LogP) is 1.66. The second-order valence-corrected chi connectivity index (χ2v) is 8.29. The van der Waals surface area contributed by atoms with Crippen molar-refractivity contribution in [3.05, 3.63) is 53.9 Å². The smallest absolute Gasteiger partial charge is 0.358 e. The number of nitrogens with zero attached hydrogens (tertiary/aromatic N) is 3. The lowest BCUT2D eigenvalue weighted by molar-refractivity contribution is -0.118. The molecule has 3 N–H and O–H groups in total. The second kappa shape index (κ2) is 7.72. The van der Waals surface area contributed by atoms with Gasteiger partial charge in [0.1, 0.15) is 5.75 Å². The summed E-state index contributed by atoms with van der Waals surface area (Å²) in [6, 6.07) is 10.5. The molecule has 0 saturated heterocycles. The van der Waals surface area contributed by atoms with Gasteiger partial charge in [-0.1, -0.05) is 18.2 Å². The Balaban J connectivity index is 1.64. The monoisotopic (exact) mass is 443 g/mol. The molecule has 2 aromatic carbocycles. The average molecular weight is 443 g/mol. The van der Waals surface area contributed by atoms with Crippen LogP contribution in [0.2, 0.25) is 0 Å². The minimum absolute atomic E-state index is 0.0642. The number of rotatable bonds is 6. The van der Waals surface area contributed by atoms with Crippen LogP contribution in [-0.2, 0) is 21.2 Å². The molecule has 3 aromatic rings. The van der Waals surface area contributed by atoms with Crippen molar-refractivity contribution >= 4 is 33.3 Å². The molecule has 0 atom stereocenters. The third kappa shape index (κ3) is 3.92. The summed E-state index contributed by atoms with van der Waals surface area (Å²) in [4.78, 5) is 22.7. The topological polar surface area (TPSA) is 153 Å². The Morgan fingerprint density at radius 3 is 2.84 bits per heavy atom. The number of nitrogens with one attached hydrogen (secondary N) is 2. The zero-order valence-corrected chi connectivity index (χ0v) is 17.0. The third-order valence-electron chi connectivity index (χ3n) is 4.54. The first-order valence-corrected chi connectivity index (χ1v) is 10.6. The van der Waals surface area contributed by atoms with Crippen LogP contribution < -0.4 is 14.8 Å². The van der Waals surface area contributed by atoms with Gasteiger partial charge >= 0.3 is 5.97 Å². The van der Waals surface area contributed by atoms with E-state index in [-0.39, 0.29) is 34.5 Å². The fourth-order valence-electron chi connectivity index (χ4n) is 3.14. The quantitative estimate of drug-likeness (QED) is 0.520. The molecule has 0 aliphatic carbocycles. The van der Waals surface area contributed by atoms with E-state index in [2.05, 4.69) is 20.4 Å². The van der Waals surface area contributed by atoms with Gasteiger partial charge in [-0.25, -0.2) is 17.9 Å². The number of carbonyl (C=O) groups is 2. The van der Waals surface area contributed by atoms with Crippen LogP contribution in [0.1, 0.15) is 23.1 Å². The number of sulfonamides is 1. The lowest BCUT2D eigenvalue weighted by atomic mass is 10.2. The molecule has 2 heterocycles. The van der Waals surface area contributed by atoms with E-state index >= 15 is 0 Å². The molecular weight excluding hydrogens is 426 g/mol. The number of aromatic carboxylic acids is 1. The van der Waals surface area contributed by atoms with Crippen LogP contribution in [0.3, 0.4) is 0 Å². The molecule has 31 heavy (non-hydrogen) atoms. The first-order chi connectivity index (χ1) is 14.8. The van der Waals surface area contributed by atoms with Crippen LogP contribution in [0.15, 0.2) is 47.4 Å². The molecule has 12 heteroatoms. The highest BCUT2D eigenvalue weighted by molar-refractivity contribution is 7.92. The summed E-state index contributed by atoms with van der Waals surface area (Å²) in [7, 11) is -3.98. The maximum absolute atomic E-state index is 12.9. The second-order valence-electron chi connectivity index (χ2n) is 6.61. The van der Waals surface area contributed by atoms with Gasteiger partial charge in [0, 0.05) is 0 Å². The number of aromatic nitrogens is 3. The summed E-state index contributed by atoms with van der Waals surface area (Å²) >= 11 is 0. The number of carboxylic acids is 1. The Morgan fingerprint density at radius 2 is 2.10 bits per heavy atom. The third-order valence-corrected chi connectivity index (χ3v) is 5.92. The van der Waals surface area contributed by atoms with Gasteiger partial charge in [-0.05, 0) is 42.8 Å². The molecule has 1 amide bonds. The van der Waals surface area contributed by atoms with Crippen molar-refractivity contribution in [3.8, 4) is 11.4 Å².